The van der Waals surface area contributed by atoms with Crippen molar-refractivity contribution in [3.8, 4) is 5.88 Å². The summed E-state index contributed by atoms with van der Waals surface area (Å²) in [5.74, 6) is -0.571. The number of carbonyl (C=O) groups is 1. The summed E-state index contributed by atoms with van der Waals surface area (Å²) in [5, 5.41) is 30.3. The van der Waals surface area contributed by atoms with Gasteiger partial charge in [0.2, 0.25) is 5.88 Å². The van der Waals surface area contributed by atoms with E-state index in [1.165, 1.54) is 22.9 Å². The van der Waals surface area contributed by atoms with E-state index in [1.807, 2.05) is 20.8 Å². The second-order valence-electron chi connectivity index (χ2n) is 11.7. The van der Waals surface area contributed by atoms with Crippen LogP contribution in [0.15, 0.2) is 51.4 Å². The summed E-state index contributed by atoms with van der Waals surface area (Å²) in [4.78, 5) is 25.2. The Morgan fingerprint density at radius 2 is 1.93 bits per heavy atom. The third kappa shape index (κ3) is 5.38. The fourth-order valence-corrected chi connectivity index (χ4v) is 6.95. The summed E-state index contributed by atoms with van der Waals surface area (Å²) < 4.78 is 43.0. The van der Waals surface area contributed by atoms with Crippen molar-refractivity contribution >= 4 is 40.8 Å². The number of aromatic nitrogens is 1. The minimum atomic E-state index is -4.68. The highest BCUT2D eigenvalue weighted by molar-refractivity contribution is 7.10. The highest BCUT2D eigenvalue weighted by Crippen LogP contribution is 2.39. The molecule has 2 aromatic carbocycles. The fourth-order valence-electron chi connectivity index (χ4n) is 5.82. The van der Waals surface area contributed by atoms with Crippen LogP contribution in [0.5, 0.6) is 5.88 Å². The Balaban J connectivity index is 1.60. The molecule has 42 heavy (non-hydrogen) atoms. The third-order valence-corrected chi connectivity index (χ3v) is 9.47. The molecule has 1 saturated heterocycles. The number of hydrogen-bond acceptors (Lipinski definition) is 6. The summed E-state index contributed by atoms with van der Waals surface area (Å²) in [6.45, 7) is 6.32. The predicted octanol–water partition coefficient (Wildman–Crippen LogP) is 5.01. The molecule has 222 valence electrons. The van der Waals surface area contributed by atoms with Crippen LogP contribution in [-0.4, -0.2) is 50.2 Å². The topological polar surface area (TPSA) is 104 Å². The van der Waals surface area contributed by atoms with E-state index in [1.54, 1.807) is 18.2 Å². The van der Waals surface area contributed by atoms with Crippen LogP contribution in [0.2, 0.25) is 5.02 Å². The van der Waals surface area contributed by atoms with Crippen molar-refractivity contribution in [1.82, 2.24) is 4.57 Å². The number of rotatable bonds is 5. The largest absolute Gasteiger partial charge is 0.513 e. The number of amides is 1. The molecule has 0 radical (unpaired) electrons. The molecule has 5 rings (SSSR count). The first-order chi connectivity index (χ1) is 19.6. The van der Waals surface area contributed by atoms with Crippen molar-refractivity contribution < 1.29 is 32.7 Å². The van der Waals surface area contributed by atoms with Gasteiger partial charge < -0.3 is 10.2 Å². The number of benzene rings is 2. The molecule has 0 saturated carbocycles. The molecule has 3 aromatic rings. The number of aromatic hydroxyl groups is 1. The average molecular weight is 622 g/mol. The number of fused-ring (bicyclic) bond motifs is 1. The first-order valence-corrected chi connectivity index (χ1v) is 14.4. The summed E-state index contributed by atoms with van der Waals surface area (Å²) in [5.41, 5.74) is -0.587. The van der Waals surface area contributed by atoms with E-state index in [4.69, 9.17) is 11.6 Å². The molecule has 1 amide bonds. The van der Waals surface area contributed by atoms with E-state index in [0.717, 1.165) is 17.4 Å². The van der Waals surface area contributed by atoms with Gasteiger partial charge in [-0.25, -0.2) is 4.48 Å². The van der Waals surface area contributed by atoms with Gasteiger partial charge in [-0.05, 0) is 61.4 Å². The number of thiazole rings is 1. The molecule has 2 N–H and O–H groups in total. The van der Waals surface area contributed by atoms with E-state index in [0.29, 0.717) is 34.7 Å². The molecule has 2 aliphatic rings. The molecule has 1 fully saturated rings. The molecule has 2 atom stereocenters. The van der Waals surface area contributed by atoms with E-state index in [2.05, 4.69) is 10.2 Å². The minimum Gasteiger partial charge on any atom is -0.493 e. The van der Waals surface area contributed by atoms with Gasteiger partial charge in [0.15, 0.2) is 0 Å². The van der Waals surface area contributed by atoms with Crippen LogP contribution in [0, 0.1) is 5.92 Å². The van der Waals surface area contributed by atoms with Gasteiger partial charge >= 0.3 is 17.1 Å². The Labute approximate surface area is 247 Å². The van der Waals surface area contributed by atoms with Crippen molar-refractivity contribution in [2.75, 3.05) is 13.1 Å². The number of likely N-dealkylation sites (tertiary alicyclic amines) is 1. The standard InChI is InChI=1S/C29H28ClF3N4O4S/c1-28(2,3)37(27(40)41)9-8-16(15-37)14-36-25(38)24(42-26(36)39)21(17-5-7-23-19(10-17)13-34-35-23)11-18-4-6-20(30)12-22(18)29(31,32)33/h4-7,10,12-13,16H,8-9,11,14-15H2,1-3H3,(H-,34,35,38,40,41)/p+1/t16-,37?/m1/s1. The van der Waals surface area contributed by atoms with Crippen LogP contribution < -0.4 is 15.4 Å². The van der Waals surface area contributed by atoms with Gasteiger partial charge in [0.25, 0.3) is 0 Å². The van der Waals surface area contributed by atoms with Gasteiger partial charge in [-0.15, -0.1) is 0 Å². The molecule has 0 spiro atoms. The van der Waals surface area contributed by atoms with Gasteiger partial charge in [0.1, 0.15) is 5.54 Å². The molecule has 2 aliphatic heterocycles. The second kappa shape index (κ2) is 10.7. The zero-order valence-electron chi connectivity index (χ0n) is 23.1. The third-order valence-electron chi connectivity index (χ3n) is 8.21. The molecular formula is C29H29ClF3N4O4S+. The van der Waals surface area contributed by atoms with Crippen molar-refractivity contribution in [3.63, 3.8) is 0 Å². The van der Waals surface area contributed by atoms with Crippen LogP contribution in [0.25, 0.3) is 5.57 Å². The van der Waals surface area contributed by atoms with E-state index in [9.17, 15) is 33.0 Å². The van der Waals surface area contributed by atoms with E-state index in [-0.39, 0.29) is 51.3 Å². The van der Waals surface area contributed by atoms with Gasteiger partial charge in [0, 0.05) is 35.9 Å². The smallest absolute Gasteiger partial charge is 0.493 e. The first-order valence-electron chi connectivity index (χ1n) is 13.2. The quantitative estimate of drug-likeness (QED) is 0.391. The van der Waals surface area contributed by atoms with Crippen LogP contribution in [-0.2, 0) is 19.1 Å². The Bertz CT molecular complexity index is 1790. The maximum atomic E-state index is 14.0. The highest BCUT2D eigenvalue weighted by atomic mass is 35.5. The average Bonchev–Trinajstić information content (AvgIpc) is 3.62. The van der Waals surface area contributed by atoms with Gasteiger partial charge in [-0.2, -0.15) is 28.2 Å². The minimum absolute atomic E-state index is 0.0655. The number of carboxylic acid groups (broad SMARTS) is 1. The zero-order chi connectivity index (χ0) is 30.6. The molecule has 1 unspecified atom stereocenters. The lowest BCUT2D eigenvalue weighted by atomic mass is 9.96. The number of quaternary nitrogens is 1. The van der Waals surface area contributed by atoms with Crippen molar-refractivity contribution in [3.05, 3.63) is 83.2 Å². The molecule has 1 aromatic heterocycles. The molecule has 0 aliphatic carbocycles. The van der Waals surface area contributed by atoms with Crippen LogP contribution in [0.3, 0.4) is 0 Å². The summed E-state index contributed by atoms with van der Waals surface area (Å²) in [7, 11) is 0. The van der Waals surface area contributed by atoms with Gasteiger partial charge in [-0.1, -0.05) is 35.1 Å². The fraction of sp³-hybridized carbons (Fsp3) is 0.379. The zero-order valence-corrected chi connectivity index (χ0v) is 24.6. The van der Waals surface area contributed by atoms with Gasteiger partial charge in [0.05, 0.1) is 35.1 Å². The monoisotopic (exact) mass is 621 g/mol. The number of nitrogens with zero attached hydrogens (tertiary/aromatic N) is 4. The van der Waals surface area contributed by atoms with E-state index < -0.39 is 28.2 Å². The summed E-state index contributed by atoms with van der Waals surface area (Å²) in [6, 6.07) is 8.57. The Kier molecular flexibility index (Phi) is 7.61. The predicted molar refractivity (Wildman–Crippen MR) is 154 cm³/mol. The molecule has 13 heteroatoms. The lowest BCUT2D eigenvalue weighted by Crippen LogP contribution is -2.61. The van der Waals surface area contributed by atoms with Crippen LogP contribution >= 0.6 is 22.9 Å². The normalized spacial score (nSPS) is 20.9. The highest BCUT2D eigenvalue weighted by Gasteiger charge is 2.53. The second-order valence-corrected chi connectivity index (χ2v) is 13.1. The van der Waals surface area contributed by atoms with Crippen LogP contribution in [0.4, 0.5) is 18.0 Å². The number of hydrogen-bond donors (Lipinski definition) is 2. The summed E-state index contributed by atoms with van der Waals surface area (Å²) >= 11 is 6.65. The van der Waals surface area contributed by atoms with Crippen LogP contribution in [0.1, 0.15) is 48.8 Å². The Morgan fingerprint density at radius 3 is 2.57 bits per heavy atom. The molecule has 8 nitrogen and oxygen atoms in total. The van der Waals surface area contributed by atoms with Crippen molar-refractivity contribution in [2.24, 2.45) is 16.1 Å². The lowest BCUT2D eigenvalue weighted by molar-refractivity contribution is -0.893. The number of halogens is 4. The van der Waals surface area contributed by atoms with Crippen molar-refractivity contribution in [2.45, 2.75) is 51.9 Å². The van der Waals surface area contributed by atoms with E-state index >= 15 is 0 Å². The Morgan fingerprint density at radius 1 is 1.19 bits per heavy atom. The maximum Gasteiger partial charge on any atom is 0.513 e. The number of alkyl halides is 3. The Hall–Kier alpha value is -3.48. The lowest BCUT2D eigenvalue weighted by Gasteiger charge is -2.40. The first kappa shape index (κ1) is 30.0. The van der Waals surface area contributed by atoms with Crippen molar-refractivity contribution in [1.29, 1.82) is 0 Å². The summed E-state index contributed by atoms with van der Waals surface area (Å²) in [6.07, 6.45) is -3.82. The molecule has 0 bridgehead atoms. The molecular weight excluding hydrogens is 593 g/mol. The molecule has 3 heterocycles. The SMILES string of the molecule is CC(C)(C)[N+]1(C(=O)O)CC[C@H](Cn2c(O)c(C(Cc3ccc(Cl)cc3C(F)(F)F)=c3ccc4c(c3)C=NN=4)sc2=O)C1. The van der Waals surface area contributed by atoms with Gasteiger partial charge in [-0.3, -0.25) is 9.36 Å². The maximum absolute atomic E-state index is 14.0.